The van der Waals surface area contributed by atoms with Gasteiger partial charge in [-0.15, -0.1) is 0 Å². The van der Waals surface area contributed by atoms with E-state index in [0.29, 0.717) is 11.1 Å². The van der Waals surface area contributed by atoms with Gasteiger partial charge in [0, 0.05) is 12.1 Å². The van der Waals surface area contributed by atoms with Crippen LogP contribution >= 0.6 is 0 Å². The van der Waals surface area contributed by atoms with Gasteiger partial charge in [0.2, 0.25) is 0 Å². The zero-order valence-electron chi connectivity index (χ0n) is 9.06. The fraction of sp³-hybridized carbons (Fsp3) is 0.455. The normalized spacial score (nSPS) is 19.9. The SMILES string of the molecule is Cc1ccc([N+](=O)[O-])c([C@@H]2CCCN2)c1O. The van der Waals surface area contributed by atoms with Crippen LogP contribution in [0.25, 0.3) is 0 Å². The van der Waals surface area contributed by atoms with Crippen molar-refractivity contribution in [2.45, 2.75) is 25.8 Å². The predicted octanol–water partition coefficient (Wildman–Crippen LogP) is 2.03. The standard InChI is InChI=1S/C11H14N2O3/c1-7-4-5-9(13(15)16)10(11(7)14)8-3-2-6-12-8/h4-5,8,12,14H,2-3,6H2,1H3/t8-/m0/s1. The first kappa shape index (κ1) is 10.9. The summed E-state index contributed by atoms with van der Waals surface area (Å²) in [5, 5.41) is 24.0. The summed E-state index contributed by atoms with van der Waals surface area (Å²) in [6.07, 6.45) is 1.81. The lowest BCUT2D eigenvalue weighted by atomic mass is 9.99. The largest absolute Gasteiger partial charge is 0.507 e. The Morgan fingerprint density at radius 3 is 2.88 bits per heavy atom. The smallest absolute Gasteiger partial charge is 0.277 e. The van der Waals surface area contributed by atoms with Gasteiger partial charge in [0.25, 0.3) is 5.69 Å². The molecule has 0 amide bonds. The lowest BCUT2D eigenvalue weighted by Gasteiger charge is -2.14. The van der Waals surface area contributed by atoms with Gasteiger partial charge in [-0.05, 0) is 37.9 Å². The van der Waals surface area contributed by atoms with E-state index in [-0.39, 0.29) is 17.5 Å². The number of nitrogens with zero attached hydrogens (tertiary/aromatic N) is 1. The van der Waals surface area contributed by atoms with Gasteiger partial charge >= 0.3 is 0 Å². The van der Waals surface area contributed by atoms with E-state index >= 15 is 0 Å². The van der Waals surface area contributed by atoms with Crippen LogP contribution in [0.2, 0.25) is 0 Å². The summed E-state index contributed by atoms with van der Waals surface area (Å²) in [5.74, 6) is 0.0496. The maximum absolute atomic E-state index is 10.9. The van der Waals surface area contributed by atoms with E-state index < -0.39 is 4.92 Å². The van der Waals surface area contributed by atoms with Crippen LogP contribution in [0.3, 0.4) is 0 Å². The van der Waals surface area contributed by atoms with Crippen molar-refractivity contribution < 1.29 is 10.0 Å². The zero-order valence-corrected chi connectivity index (χ0v) is 9.06. The van der Waals surface area contributed by atoms with Gasteiger partial charge < -0.3 is 10.4 Å². The summed E-state index contributed by atoms with van der Waals surface area (Å²) in [4.78, 5) is 10.5. The molecule has 1 atom stereocenters. The average molecular weight is 222 g/mol. The molecule has 0 radical (unpaired) electrons. The highest BCUT2D eigenvalue weighted by Crippen LogP contribution is 2.38. The second-order valence-electron chi connectivity index (χ2n) is 4.07. The molecule has 0 unspecified atom stereocenters. The van der Waals surface area contributed by atoms with Crippen LogP contribution in [0.15, 0.2) is 12.1 Å². The number of benzene rings is 1. The molecule has 0 bridgehead atoms. The first-order chi connectivity index (χ1) is 7.61. The molecule has 1 aliphatic rings. The van der Waals surface area contributed by atoms with Crippen LogP contribution in [-0.4, -0.2) is 16.6 Å². The number of phenols is 1. The van der Waals surface area contributed by atoms with E-state index in [1.54, 1.807) is 13.0 Å². The molecule has 0 aliphatic carbocycles. The number of aromatic hydroxyl groups is 1. The molecule has 1 aliphatic heterocycles. The molecule has 0 saturated carbocycles. The Balaban J connectivity index is 2.53. The molecule has 1 heterocycles. The molecule has 0 aromatic heterocycles. The highest BCUT2D eigenvalue weighted by molar-refractivity contribution is 5.54. The molecule has 2 N–H and O–H groups in total. The maximum atomic E-state index is 10.9. The van der Waals surface area contributed by atoms with Crippen molar-refractivity contribution in [3.8, 4) is 5.75 Å². The van der Waals surface area contributed by atoms with Crippen molar-refractivity contribution in [1.29, 1.82) is 0 Å². The molecule has 1 fully saturated rings. The minimum absolute atomic E-state index is 0.00231. The summed E-state index contributed by atoms with van der Waals surface area (Å²) in [6.45, 7) is 2.59. The zero-order chi connectivity index (χ0) is 11.7. The number of nitro benzene ring substituents is 1. The molecular weight excluding hydrogens is 208 g/mol. The summed E-state index contributed by atoms with van der Waals surface area (Å²) in [7, 11) is 0. The van der Waals surface area contributed by atoms with Gasteiger partial charge in [-0.25, -0.2) is 0 Å². The highest BCUT2D eigenvalue weighted by atomic mass is 16.6. The van der Waals surface area contributed by atoms with Gasteiger partial charge in [-0.3, -0.25) is 10.1 Å². The third kappa shape index (κ3) is 1.74. The number of nitrogens with one attached hydrogen (secondary N) is 1. The van der Waals surface area contributed by atoms with Crippen molar-refractivity contribution in [2.75, 3.05) is 6.54 Å². The van der Waals surface area contributed by atoms with E-state index in [4.69, 9.17) is 0 Å². The third-order valence-electron chi connectivity index (χ3n) is 3.00. The summed E-state index contributed by atoms with van der Waals surface area (Å²) in [5.41, 5.74) is 1.11. The fourth-order valence-electron chi connectivity index (χ4n) is 2.14. The van der Waals surface area contributed by atoms with Crippen molar-refractivity contribution in [3.63, 3.8) is 0 Å². The Kier molecular flexibility index (Phi) is 2.78. The number of aryl methyl sites for hydroxylation is 1. The third-order valence-corrected chi connectivity index (χ3v) is 3.00. The minimum atomic E-state index is -0.436. The lowest BCUT2D eigenvalue weighted by Crippen LogP contribution is -2.15. The fourth-order valence-corrected chi connectivity index (χ4v) is 2.14. The summed E-state index contributed by atoms with van der Waals surface area (Å²) in [6, 6.07) is 2.94. The van der Waals surface area contributed by atoms with Gasteiger partial charge in [-0.1, -0.05) is 0 Å². The van der Waals surface area contributed by atoms with Gasteiger partial charge in [0.1, 0.15) is 5.75 Å². The Morgan fingerprint density at radius 2 is 2.31 bits per heavy atom. The number of phenolic OH excluding ortho intramolecular Hbond substituents is 1. The first-order valence-corrected chi connectivity index (χ1v) is 5.31. The van der Waals surface area contributed by atoms with Crippen LogP contribution in [0, 0.1) is 17.0 Å². The topological polar surface area (TPSA) is 75.4 Å². The minimum Gasteiger partial charge on any atom is -0.507 e. The number of hydrogen-bond donors (Lipinski definition) is 2. The summed E-state index contributed by atoms with van der Waals surface area (Å²) >= 11 is 0. The quantitative estimate of drug-likeness (QED) is 0.593. The van der Waals surface area contributed by atoms with Gasteiger partial charge in [-0.2, -0.15) is 0 Å². The average Bonchev–Trinajstić information content (AvgIpc) is 2.74. The second kappa shape index (κ2) is 4.09. The Morgan fingerprint density at radius 1 is 1.56 bits per heavy atom. The molecule has 1 saturated heterocycles. The molecule has 2 rings (SSSR count). The molecule has 86 valence electrons. The molecule has 1 aromatic rings. The molecule has 16 heavy (non-hydrogen) atoms. The first-order valence-electron chi connectivity index (χ1n) is 5.31. The van der Waals surface area contributed by atoms with Gasteiger partial charge in [0.15, 0.2) is 0 Å². The molecule has 0 spiro atoms. The molecule has 5 heteroatoms. The molecular formula is C11H14N2O3. The number of nitro groups is 1. The van der Waals surface area contributed by atoms with Crippen molar-refractivity contribution in [2.24, 2.45) is 0 Å². The number of hydrogen-bond acceptors (Lipinski definition) is 4. The van der Waals surface area contributed by atoms with Crippen LogP contribution < -0.4 is 5.32 Å². The lowest BCUT2D eigenvalue weighted by molar-refractivity contribution is -0.385. The van der Waals surface area contributed by atoms with Crippen LogP contribution in [0.1, 0.15) is 30.0 Å². The highest BCUT2D eigenvalue weighted by Gasteiger charge is 2.28. The molecule has 1 aromatic carbocycles. The van der Waals surface area contributed by atoms with E-state index in [2.05, 4.69) is 5.32 Å². The van der Waals surface area contributed by atoms with Gasteiger partial charge in [0.05, 0.1) is 10.5 Å². The van der Waals surface area contributed by atoms with E-state index in [1.165, 1.54) is 6.07 Å². The van der Waals surface area contributed by atoms with Crippen LogP contribution in [-0.2, 0) is 0 Å². The van der Waals surface area contributed by atoms with Crippen molar-refractivity contribution in [3.05, 3.63) is 33.4 Å². The Hall–Kier alpha value is -1.62. The van der Waals surface area contributed by atoms with Crippen molar-refractivity contribution in [1.82, 2.24) is 5.32 Å². The Labute approximate surface area is 93.2 Å². The van der Waals surface area contributed by atoms with E-state index in [1.807, 2.05) is 0 Å². The van der Waals surface area contributed by atoms with E-state index in [0.717, 1.165) is 19.4 Å². The monoisotopic (exact) mass is 222 g/mol. The maximum Gasteiger partial charge on any atom is 0.277 e. The predicted molar refractivity (Wildman–Crippen MR) is 59.5 cm³/mol. The van der Waals surface area contributed by atoms with Crippen LogP contribution in [0.4, 0.5) is 5.69 Å². The van der Waals surface area contributed by atoms with Crippen LogP contribution in [0.5, 0.6) is 5.75 Å². The molecule has 5 nitrogen and oxygen atoms in total. The Bertz CT molecular complexity index is 425. The second-order valence-corrected chi connectivity index (χ2v) is 4.07. The summed E-state index contributed by atoms with van der Waals surface area (Å²) < 4.78 is 0. The van der Waals surface area contributed by atoms with E-state index in [9.17, 15) is 15.2 Å². The number of rotatable bonds is 2. The van der Waals surface area contributed by atoms with Crippen molar-refractivity contribution >= 4 is 5.69 Å².